The fourth-order valence-electron chi connectivity index (χ4n) is 7.00. The lowest BCUT2D eigenvalue weighted by molar-refractivity contribution is -0.126. The molecule has 1 amide bonds. The zero-order chi connectivity index (χ0) is 23.3. The van der Waals surface area contributed by atoms with Crippen LogP contribution in [0.15, 0.2) is 60.7 Å². The summed E-state index contributed by atoms with van der Waals surface area (Å²) in [6.07, 6.45) is 10.0. The second-order valence-corrected chi connectivity index (χ2v) is 10.4. The van der Waals surface area contributed by atoms with Crippen molar-refractivity contribution in [1.29, 1.82) is 0 Å². The maximum Gasteiger partial charge on any atom is 0.252 e. The molecule has 6 rings (SSSR count). The molecule has 33 heavy (non-hydrogen) atoms. The van der Waals surface area contributed by atoms with Gasteiger partial charge >= 0.3 is 0 Å². The topological polar surface area (TPSA) is 89.6 Å². The molecular formula is C28H33NO4. The number of ether oxygens (including phenoxy) is 1. The van der Waals surface area contributed by atoms with E-state index in [0.29, 0.717) is 17.8 Å². The molecule has 174 valence electrons. The number of rotatable bonds is 2. The van der Waals surface area contributed by atoms with Crippen LogP contribution in [0.4, 0.5) is 0 Å². The SMILES string of the molecule is C=C[C@H]1C=C[C@H]2[C@@H]3C[C@H](C)CC[C@H]3[C@@H]3Oc4ccc(cc4)C[C@@H](O)/C=C(/C(N)=O)C(=O)[C@@H]1[C@H]23. The first-order valence-electron chi connectivity index (χ1n) is 12.2. The predicted molar refractivity (Wildman–Crippen MR) is 126 cm³/mol. The molecule has 9 atom stereocenters. The molecule has 2 aliphatic heterocycles. The Hall–Kier alpha value is -2.66. The quantitative estimate of drug-likeness (QED) is 0.535. The van der Waals surface area contributed by atoms with Gasteiger partial charge in [0, 0.05) is 24.2 Å². The van der Waals surface area contributed by atoms with Crippen molar-refractivity contribution in [2.24, 2.45) is 47.2 Å². The van der Waals surface area contributed by atoms with Gasteiger partial charge in [0.1, 0.15) is 11.9 Å². The maximum absolute atomic E-state index is 13.9. The van der Waals surface area contributed by atoms with Gasteiger partial charge in [-0.3, -0.25) is 9.59 Å². The number of hydrogen-bond acceptors (Lipinski definition) is 4. The Bertz CT molecular complexity index is 1010. The largest absolute Gasteiger partial charge is 0.490 e. The Morgan fingerprint density at radius 3 is 2.64 bits per heavy atom. The van der Waals surface area contributed by atoms with Crippen molar-refractivity contribution in [1.82, 2.24) is 0 Å². The average molecular weight is 448 g/mol. The van der Waals surface area contributed by atoms with Crippen LogP contribution >= 0.6 is 0 Å². The Morgan fingerprint density at radius 1 is 1.18 bits per heavy atom. The fourth-order valence-corrected chi connectivity index (χ4v) is 7.00. The molecular weight excluding hydrogens is 414 g/mol. The molecule has 5 nitrogen and oxygen atoms in total. The van der Waals surface area contributed by atoms with Crippen LogP contribution in [-0.2, 0) is 16.0 Å². The Balaban J connectivity index is 1.67. The lowest BCUT2D eigenvalue weighted by Crippen LogP contribution is -2.44. The van der Waals surface area contributed by atoms with Crippen molar-refractivity contribution < 1.29 is 19.4 Å². The first-order chi connectivity index (χ1) is 15.9. The third kappa shape index (κ3) is 3.86. The smallest absolute Gasteiger partial charge is 0.252 e. The molecule has 0 aromatic heterocycles. The highest BCUT2D eigenvalue weighted by atomic mass is 16.5. The summed E-state index contributed by atoms with van der Waals surface area (Å²) in [5.74, 6) is 0.565. The molecule has 3 N–H and O–H groups in total. The molecule has 0 spiro atoms. The number of carbonyl (C=O) groups excluding carboxylic acids is 2. The number of benzene rings is 1. The molecule has 0 saturated heterocycles. The normalized spacial score (nSPS) is 41.3. The van der Waals surface area contributed by atoms with Crippen molar-refractivity contribution in [3.63, 3.8) is 0 Å². The molecule has 1 aromatic carbocycles. The summed E-state index contributed by atoms with van der Waals surface area (Å²) in [4.78, 5) is 26.3. The molecule has 0 unspecified atom stereocenters. The first kappa shape index (κ1) is 22.1. The second kappa shape index (κ2) is 8.60. The van der Waals surface area contributed by atoms with E-state index in [4.69, 9.17) is 10.5 Å². The van der Waals surface area contributed by atoms with Crippen molar-refractivity contribution >= 4 is 11.7 Å². The van der Waals surface area contributed by atoms with E-state index in [0.717, 1.165) is 30.6 Å². The Labute approximate surface area is 195 Å². The summed E-state index contributed by atoms with van der Waals surface area (Å²) in [7, 11) is 0. The Kier molecular flexibility index (Phi) is 5.77. The van der Waals surface area contributed by atoms with Gasteiger partial charge in [-0.15, -0.1) is 6.58 Å². The van der Waals surface area contributed by atoms with Crippen LogP contribution in [-0.4, -0.2) is 29.0 Å². The van der Waals surface area contributed by atoms with Crippen molar-refractivity contribution in [2.75, 3.05) is 0 Å². The van der Waals surface area contributed by atoms with Crippen LogP contribution in [0.2, 0.25) is 0 Å². The van der Waals surface area contributed by atoms with Gasteiger partial charge in [-0.2, -0.15) is 0 Å². The summed E-state index contributed by atoms with van der Waals surface area (Å²) in [5.41, 5.74) is 6.48. The van der Waals surface area contributed by atoms with E-state index < -0.39 is 17.9 Å². The van der Waals surface area contributed by atoms with Crippen LogP contribution in [0.3, 0.4) is 0 Å². The number of Topliss-reactive ketones (excluding diaryl/α,β-unsaturated/α-hetero) is 1. The molecule has 1 aromatic rings. The van der Waals surface area contributed by atoms with Gasteiger partial charge in [-0.1, -0.05) is 43.7 Å². The highest BCUT2D eigenvalue weighted by Crippen LogP contribution is 2.57. The molecule has 0 radical (unpaired) electrons. The van der Waals surface area contributed by atoms with Crippen LogP contribution in [0.1, 0.15) is 31.7 Å². The first-order valence-corrected chi connectivity index (χ1v) is 12.2. The van der Waals surface area contributed by atoms with Gasteiger partial charge < -0.3 is 15.6 Å². The summed E-state index contributed by atoms with van der Waals surface area (Å²) in [5, 5.41) is 10.7. The molecule has 5 heteroatoms. The van der Waals surface area contributed by atoms with E-state index in [1.807, 2.05) is 24.3 Å². The van der Waals surface area contributed by atoms with E-state index >= 15 is 0 Å². The van der Waals surface area contributed by atoms with Crippen molar-refractivity contribution in [3.8, 4) is 5.75 Å². The maximum atomic E-state index is 13.9. The van der Waals surface area contributed by atoms with E-state index in [1.54, 1.807) is 6.08 Å². The summed E-state index contributed by atoms with van der Waals surface area (Å²) in [6, 6.07) is 7.78. The molecule has 2 fully saturated rings. The number of fused-ring (bicyclic) bond motifs is 7. The number of primary amides is 1. The van der Waals surface area contributed by atoms with E-state index in [9.17, 15) is 14.7 Å². The van der Waals surface area contributed by atoms with Gasteiger partial charge in [0.15, 0.2) is 5.78 Å². The van der Waals surface area contributed by atoms with Crippen LogP contribution in [0, 0.1) is 41.4 Å². The second-order valence-electron chi connectivity index (χ2n) is 10.4. The highest BCUT2D eigenvalue weighted by molar-refractivity contribution is 6.19. The number of aliphatic hydroxyl groups excluding tert-OH is 1. The zero-order valence-corrected chi connectivity index (χ0v) is 19.1. The minimum atomic E-state index is -0.983. The van der Waals surface area contributed by atoms with Gasteiger partial charge in [0.05, 0.1) is 11.7 Å². The monoisotopic (exact) mass is 447 g/mol. The van der Waals surface area contributed by atoms with Crippen LogP contribution < -0.4 is 10.5 Å². The third-order valence-corrected chi connectivity index (χ3v) is 8.45. The van der Waals surface area contributed by atoms with Gasteiger partial charge in [0.2, 0.25) is 0 Å². The minimum absolute atomic E-state index is 0.0777. The Morgan fingerprint density at radius 2 is 1.94 bits per heavy atom. The number of hydrogen-bond donors (Lipinski definition) is 2. The molecule has 2 heterocycles. The highest BCUT2D eigenvalue weighted by Gasteiger charge is 2.58. The number of carbonyl (C=O) groups is 2. The minimum Gasteiger partial charge on any atom is -0.490 e. The summed E-state index contributed by atoms with van der Waals surface area (Å²) >= 11 is 0. The van der Waals surface area contributed by atoms with Gasteiger partial charge in [-0.05, 0) is 60.3 Å². The standard InChI is InChI=1S/C28H33NO4/c1-3-17-7-11-20-22-12-15(2)4-10-21(22)27-25(20)24(17)26(31)23(28(29)32)14-18(30)13-16-5-8-19(33-27)9-6-16/h3,5-9,11,14-15,17-18,20-22,24-25,27,30H,1,4,10,12-13H2,2H3,(H2,29,32)/b23-14+/t15-,17+,18-,20+,21-,22+,24+,25+,27+/m1/s1. The average Bonchev–Trinajstić information content (AvgIpc) is 3.10. The van der Waals surface area contributed by atoms with Crippen LogP contribution in [0.25, 0.3) is 0 Å². The zero-order valence-electron chi connectivity index (χ0n) is 19.1. The van der Waals surface area contributed by atoms with Crippen LogP contribution in [0.5, 0.6) is 5.75 Å². The van der Waals surface area contributed by atoms with E-state index in [-0.39, 0.29) is 41.6 Å². The van der Waals surface area contributed by atoms with Gasteiger partial charge in [0.25, 0.3) is 5.91 Å². The number of aliphatic hydroxyl groups is 1. The van der Waals surface area contributed by atoms with Crippen molar-refractivity contribution in [3.05, 3.63) is 66.3 Å². The number of amides is 1. The molecule has 5 aliphatic rings. The number of allylic oxidation sites excluding steroid dienone is 3. The third-order valence-electron chi connectivity index (χ3n) is 8.45. The van der Waals surface area contributed by atoms with E-state index in [2.05, 4.69) is 25.7 Å². The lowest BCUT2D eigenvalue weighted by Gasteiger charge is -2.38. The number of nitrogens with two attached hydrogens (primary N) is 1. The lowest BCUT2D eigenvalue weighted by atomic mass is 9.66. The molecule has 2 saturated carbocycles. The predicted octanol–water partition coefficient (Wildman–Crippen LogP) is 3.62. The number of ketones is 1. The summed E-state index contributed by atoms with van der Waals surface area (Å²) in [6.45, 7) is 6.30. The summed E-state index contributed by atoms with van der Waals surface area (Å²) < 4.78 is 6.69. The van der Waals surface area contributed by atoms with E-state index in [1.165, 1.54) is 6.08 Å². The molecule has 3 aliphatic carbocycles. The van der Waals surface area contributed by atoms with Crippen molar-refractivity contribution in [2.45, 2.75) is 44.8 Å². The molecule has 2 bridgehead atoms. The van der Waals surface area contributed by atoms with Gasteiger partial charge in [-0.25, -0.2) is 0 Å². The fraction of sp³-hybridized carbons (Fsp3) is 0.500.